The van der Waals surface area contributed by atoms with E-state index in [1.165, 1.54) is 11.3 Å². The molecule has 0 spiro atoms. The Morgan fingerprint density at radius 3 is 3.11 bits per heavy atom. The van der Waals surface area contributed by atoms with Crippen molar-refractivity contribution in [3.05, 3.63) is 16.1 Å². The number of nitrogens with zero attached hydrogens (tertiary/aromatic N) is 3. The molecule has 0 radical (unpaired) electrons. The van der Waals surface area contributed by atoms with E-state index in [0.717, 1.165) is 31.9 Å². The van der Waals surface area contributed by atoms with Crippen molar-refractivity contribution in [1.29, 1.82) is 0 Å². The molecule has 0 aromatic carbocycles. The molecule has 0 bridgehead atoms. The monoisotopic (exact) mass is 269 g/mol. The van der Waals surface area contributed by atoms with Gasteiger partial charge in [-0.3, -0.25) is 15.1 Å². The zero-order valence-corrected chi connectivity index (χ0v) is 11.5. The average molecular weight is 269 g/mol. The Morgan fingerprint density at radius 1 is 1.67 bits per heavy atom. The molecule has 1 aliphatic rings. The van der Waals surface area contributed by atoms with Crippen molar-refractivity contribution in [1.82, 2.24) is 20.2 Å². The summed E-state index contributed by atoms with van der Waals surface area (Å²) in [4.78, 5) is 20.3. The van der Waals surface area contributed by atoms with Crippen molar-refractivity contribution < 1.29 is 4.79 Å². The van der Waals surface area contributed by atoms with Crippen LogP contribution in [0.4, 0.5) is 0 Å². The van der Waals surface area contributed by atoms with Crippen LogP contribution in [-0.2, 0) is 6.54 Å². The fraction of sp³-hybridized carbons (Fsp3) is 0.636. The largest absolute Gasteiger partial charge is 0.301 e. The molecule has 1 saturated heterocycles. The van der Waals surface area contributed by atoms with Gasteiger partial charge >= 0.3 is 0 Å². The van der Waals surface area contributed by atoms with Crippen LogP contribution in [0.3, 0.4) is 0 Å². The molecule has 100 valence electrons. The smallest absolute Gasteiger partial charge is 0.294 e. The molecule has 0 aliphatic carbocycles. The number of nitrogen functional groups attached to an aromatic ring is 1. The highest BCUT2D eigenvalue weighted by atomic mass is 32.1. The first kappa shape index (κ1) is 13.4. The van der Waals surface area contributed by atoms with Gasteiger partial charge in [-0.2, -0.15) is 0 Å². The topological polar surface area (TPSA) is 74.5 Å². The van der Waals surface area contributed by atoms with Crippen LogP contribution < -0.4 is 11.3 Å². The first-order valence-corrected chi connectivity index (χ1v) is 6.86. The summed E-state index contributed by atoms with van der Waals surface area (Å²) in [6, 6.07) is 0.559. The average Bonchev–Trinajstić information content (AvgIpc) is 2.81. The lowest BCUT2D eigenvalue weighted by atomic mass is 10.2. The Balaban J connectivity index is 1.93. The first-order valence-electron chi connectivity index (χ1n) is 5.98. The maximum Gasteiger partial charge on any atom is 0.294 e. The van der Waals surface area contributed by atoms with Gasteiger partial charge in [-0.05, 0) is 14.0 Å². The fourth-order valence-electron chi connectivity index (χ4n) is 2.04. The van der Waals surface area contributed by atoms with Gasteiger partial charge in [0, 0.05) is 37.6 Å². The molecule has 1 aromatic heterocycles. The Hall–Kier alpha value is -1.02. The molecule has 1 fully saturated rings. The molecule has 7 heteroatoms. The molecule has 6 nitrogen and oxygen atoms in total. The standard InChI is InChI=1S/C11H19N5OS/c1-8-5-16(4-3-15(8)2)6-9-7-18-11(13-9)10(17)14-12/h7-8H,3-6,12H2,1-2H3,(H,14,17). The summed E-state index contributed by atoms with van der Waals surface area (Å²) in [6.45, 7) is 6.16. The van der Waals surface area contributed by atoms with Crippen molar-refractivity contribution in [3.8, 4) is 0 Å². The number of hydrogen-bond donors (Lipinski definition) is 2. The third-order valence-electron chi connectivity index (χ3n) is 3.31. The van der Waals surface area contributed by atoms with E-state index in [2.05, 4.69) is 34.2 Å². The van der Waals surface area contributed by atoms with Crippen LogP contribution in [0.5, 0.6) is 0 Å². The van der Waals surface area contributed by atoms with Gasteiger partial charge in [0.15, 0.2) is 5.01 Å². The Morgan fingerprint density at radius 2 is 2.44 bits per heavy atom. The summed E-state index contributed by atoms with van der Waals surface area (Å²) in [5.74, 6) is 4.76. The van der Waals surface area contributed by atoms with Gasteiger partial charge in [0.1, 0.15) is 0 Å². The van der Waals surface area contributed by atoms with E-state index in [0.29, 0.717) is 11.0 Å². The number of piperazine rings is 1. The molecule has 2 heterocycles. The molecule has 1 aromatic rings. The van der Waals surface area contributed by atoms with Crippen molar-refractivity contribution in [2.75, 3.05) is 26.7 Å². The van der Waals surface area contributed by atoms with E-state index in [1.807, 2.05) is 5.38 Å². The van der Waals surface area contributed by atoms with E-state index >= 15 is 0 Å². The predicted molar refractivity (Wildman–Crippen MR) is 71.1 cm³/mol. The van der Waals surface area contributed by atoms with Crippen LogP contribution in [0, 0.1) is 0 Å². The maximum atomic E-state index is 11.3. The summed E-state index contributed by atoms with van der Waals surface area (Å²) in [5.41, 5.74) is 3.04. The summed E-state index contributed by atoms with van der Waals surface area (Å²) in [5, 5.41) is 2.35. The van der Waals surface area contributed by atoms with Crippen LogP contribution in [0.1, 0.15) is 22.4 Å². The first-order chi connectivity index (χ1) is 8.60. The molecule has 3 N–H and O–H groups in total. The number of rotatable bonds is 3. The third-order valence-corrected chi connectivity index (χ3v) is 4.20. The van der Waals surface area contributed by atoms with Gasteiger partial charge in [0.25, 0.3) is 5.91 Å². The molecule has 18 heavy (non-hydrogen) atoms. The van der Waals surface area contributed by atoms with E-state index < -0.39 is 0 Å². The van der Waals surface area contributed by atoms with Crippen LogP contribution in [0.2, 0.25) is 0 Å². The second kappa shape index (κ2) is 5.75. The number of hydrogen-bond acceptors (Lipinski definition) is 6. The van der Waals surface area contributed by atoms with Crippen LogP contribution >= 0.6 is 11.3 Å². The van der Waals surface area contributed by atoms with Crippen molar-refractivity contribution in [2.45, 2.75) is 19.5 Å². The number of carbonyl (C=O) groups excluding carboxylic acids is 1. The summed E-state index contributed by atoms with van der Waals surface area (Å²) in [7, 11) is 2.15. The highest BCUT2D eigenvalue weighted by Crippen LogP contribution is 2.14. The van der Waals surface area contributed by atoms with Gasteiger partial charge in [0.2, 0.25) is 0 Å². The lowest BCUT2D eigenvalue weighted by Gasteiger charge is -2.37. The molecular formula is C11H19N5OS. The molecule has 1 atom stereocenters. The molecule has 1 unspecified atom stereocenters. The highest BCUT2D eigenvalue weighted by Gasteiger charge is 2.21. The van der Waals surface area contributed by atoms with E-state index in [1.54, 1.807) is 0 Å². The SMILES string of the molecule is CC1CN(Cc2csc(C(=O)NN)n2)CCN1C. The normalized spacial score (nSPS) is 22.1. The number of nitrogens with two attached hydrogens (primary N) is 1. The van der Waals surface area contributed by atoms with E-state index in [9.17, 15) is 4.79 Å². The van der Waals surface area contributed by atoms with Gasteiger partial charge < -0.3 is 4.90 Å². The molecular weight excluding hydrogens is 250 g/mol. The molecule has 0 saturated carbocycles. The minimum absolute atomic E-state index is 0.321. The van der Waals surface area contributed by atoms with E-state index in [-0.39, 0.29) is 5.91 Å². The Kier molecular flexibility index (Phi) is 4.28. The zero-order chi connectivity index (χ0) is 13.1. The molecule has 1 aliphatic heterocycles. The minimum atomic E-state index is -0.321. The molecule has 1 amide bonds. The van der Waals surface area contributed by atoms with Gasteiger partial charge in [0.05, 0.1) is 5.69 Å². The van der Waals surface area contributed by atoms with Crippen LogP contribution in [-0.4, -0.2) is 53.4 Å². The van der Waals surface area contributed by atoms with Gasteiger partial charge in [-0.15, -0.1) is 11.3 Å². The number of nitrogens with one attached hydrogen (secondary N) is 1. The number of carbonyl (C=O) groups is 1. The number of hydrazine groups is 1. The second-order valence-electron chi connectivity index (χ2n) is 4.68. The van der Waals surface area contributed by atoms with Crippen LogP contribution in [0.25, 0.3) is 0 Å². The number of thiazole rings is 1. The molecule has 2 rings (SSSR count). The Labute approximate surface area is 111 Å². The second-order valence-corrected chi connectivity index (χ2v) is 5.54. The number of aromatic nitrogens is 1. The summed E-state index contributed by atoms with van der Waals surface area (Å²) < 4.78 is 0. The fourth-order valence-corrected chi connectivity index (χ4v) is 2.75. The van der Waals surface area contributed by atoms with Crippen molar-refractivity contribution in [3.63, 3.8) is 0 Å². The number of amides is 1. The van der Waals surface area contributed by atoms with Gasteiger partial charge in [-0.25, -0.2) is 10.8 Å². The summed E-state index contributed by atoms with van der Waals surface area (Å²) >= 11 is 1.33. The Bertz CT molecular complexity index is 421. The van der Waals surface area contributed by atoms with Gasteiger partial charge in [-0.1, -0.05) is 0 Å². The minimum Gasteiger partial charge on any atom is -0.301 e. The predicted octanol–water partition coefficient (Wildman–Crippen LogP) is -0.117. The van der Waals surface area contributed by atoms with Crippen LogP contribution in [0.15, 0.2) is 5.38 Å². The summed E-state index contributed by atoms with van der Waals surface area (Å²) in [6.07, 6.45) is 0. The van der Waals surface area contributed by atoms with E-state index in [4.69, 9.17) is 5.84 Å². The third kappa shape index (κ3) is 3.05. The van der Waals surface area contributed by atoms with Crippen molar-refractivity contribution >= 4 is 17.2 Å². The quantitative estimate of drug-likeness (QED) is 0.455. The zero-order valence-electron chi connectivity index (χ0n) is 10.7. The highest BCUT2D eigenvalue weighted by molar-refractivity contribution is 7.11. The number of likely N-dealkylation sites (N-methyl/N-ethyl adjacent to an activating group) is 1. The lowest BCUT2D eigenvalue weighted by molar-refractivity contribution is 0.0948. The maximum absolute atomic E-state index is 11.3. The lowest BCUT2D eigenvalue weighted by Crippen LogP contribution is -2.49. The van der Waals surface area contributed by atoms with Crippen molar-refractivity contribution in [2.24, 2.45) is 5.84 Å².